The lowest BCUT2D eigenvalue weighted by Crippen LogP contribution is -2.33. The number of methoxy groups -OCH3 is 2. The number of pyridine rings is 1. The molecule has 0 saturated heterocycles. The molecule has 0 saturated carbocycles. The van der Waals surface area contributed by atoms with Gasteiger partial charge >= 0.3 is 0 Å². The average Bonchev–Trinajstić information content (AvgIpc) is 2.42. The summed E-state index contributed by atoms with van der Waals surface area (Å²) in [5, 5.41) is 3.46. The highest BCUT2D eigenvalue weighted by Gasteiger charge is 2.07. The van der Waals surface area contributed by atoms with E-state index in [0.29, 0.717) is 25.1 Å². The van der Waals surface area contributed by atoms with Gasteiger partial charge in [0, 0.05) is 32.0 Å². The molecule has 1 heterocycles. The van der Waals surface area contributed by atoms with Crippen molar-refractivity contribution >= 4 is 0 Å². The first kappa shape index (κ1) is 14.9. The molecular formula is C13H23N3O2. The van der Waals surface area contributed by atoms with E-state index in [1.165, 1.54) is 0 Å². The van der Waals surface area contributed by atoms with Crippen molar-refractivity contribution in [3.05, 3.63) is 23.9 Å². The van der Waals surface area contributed by atoms with Gasteiger partial charge in [0.2, 0.25) is 5.88 Å². The van der Waals surface area contributed by atoms with Gasteiger partial charge < -0.3 is 20.5 Å². The Balaban J connectivity index is 2.44. The largest absolute Gasteiger partial charge is 0.481 e. The highest BCUT2D eigenvalue weighted by atomic mass is 16.5. The van der Waals surface area contributed by atoms with E-state index in [4.69, 9.17) is 15.2 Å². The van der Waals surface area contributed by atoms with Crippen molar-refractivity contribution in [2.75, 3.05) is 27.4 Å². The molecule has 5 heteroatoms. The number of nitrogens with one attached hydrogen (secondary N) is 1. The number of nitrogens with zero attached hydrogens (tertiary/aromatic N) is 1. The molecule has 0 aliphatic rings. The second-order valence-corrected chi connectivity index (χ2v) is 4.17. The molecule has 0 radical (unpaired) electrons. The zero-order valence-electron chi connectivity index (χ0n) is 11.2. The van der Waals surface area contributed by atoms with E-state index in [-0.39, 0.29) is 0 Å². The third-order valence-electron chi connectivity index (χ3n) is 2.73. The van der Waals surface area contributed by atoms with Crippen LogP contribution in [0.25, 0.3) is 0 Å². The van der Waals surface area contributed by atoms with Crippen LogP contribution in [0.4, 0.5) is 0 Å². The van der Waals surface area contributed by atoms with Crippen molar-refractivity contribution in [2.24, 2.45) is 5.73 Å². The van der Waals surface area contributed by atoms with Crippen molar-refractivity contribution in [1.29, 1.82) is 0 Å². The Morgan fingerprint density at radius 2 is 2.28 bits per heavy atom. The summed E-state index contributed by atoms with van der Waals surface area (Å²) in [6.07, 6.45) is 3.77. The van der Waals surface area contributed by atoms with Gasteiger partial charge in [0.05, 0.1) is 13.7 Å². The maximum atomic E-state index is 5.52. The molecule has 0 amide bonds. The Labute approximate surface area is 109 Å². The summed E-state index contributed by atoms with van der Waals surface area (Å²) in [7, 11) is 3.33. The van der Waals surface area contributed by atoms with Crippen LogP contribution in [0.2, 0.25) is 0 Å². The van der Waals surface area contributed by atoms with Crippen LogP contribution in [0.1, 0.15) is 18.4 Å². The molecule has 0 spiro atoms. The van der Waals surface area contributed by atoms with Crippen LogP contribution < -0.4 is 15.8 Å². The first-order chi connectivity index (χ1) is 8.80. The van der Waals surface area contributed by atoms with Gasteiger partial charge in [0.15, 0.2) is 0 Å². The quantitative estimate of drug-likeness (QED) is 0.685. The van der Waals surface area contributed by atoms with Crippen LogP contribution in [0.5, 0.6) is 5.88 Å². The molecule has 1 aromatic heterocycles. The first-order valence-electron chi connectivity index (χ1n) is 6.21. The summed E-state index contributed by atoms with van der Waals surface area (Å²) in [6, 6.07) is 4.24. The van der Waals surface area contributed by atoms with Crippen molar-refractivity contribution in [1.82, 2.24) is 10.3 Å². The summed E-state index contributed by atoms with van der Waals surface area (Å²) < 4.78 is 10.3. The molecule has 1 unspecified atom stereocenters. The van der Waals surface area contributed by atoms with Gasteiger partial charge in [0.25, 0.3) is 0 Å². The van der Waals surface area contributed by atoms with E-state index in [0.717, 1.165) is 24.9 Å². The standard InChI is InChI=1S/C13H23N3O2/c1-17-10-12(4-3-6-14)16-9-11-5-7-15-13(8-11)18-2/h5,7-8,12,16H,3-4,6,9-10,14H2,1-2H3. The van der Waals surface area contributed by atoms with Crippen molar-refractivity contribution in [2.45, 2.75) is 25.4 Å². The normalized spacial score (nSPS) is 12.4. The van der Waals surface area contributed by atoms with E-state index in [2.05, 4.69) is 10.3 Å². The molecular weight excluding hydrogens is 230 g/mol. The third kappa shape index (κ3) is 5.44. The molecule has 5 nitrogen and oxygen atoms in total. The number of rotatable bonds is 9. The number of aromatic nitrogens is 1. The monoisotopic (exact) mass is 253 g/mol. The number of nitrogens with two attached hydrogens (primary N) is 1. The van der Waals surface area contributed by atoms with Gasteiger partial charge in [-0.2, -0.15) is 0 Å². The SMILES string of the molecule is COCC(CCCN)NCc1ccnc(OC)c1. The van der Waals surface area contributed by atoms with Gasteiger partial charge in [-0.05, 0) is 31.0 Å². The Hall–Kier alpha value is -1.17. The molecule has 0 aromatic carbocycles. The molecule has 1 atom stereocenters. The van der Waals surface area contributed by atoms with Crippen molar-refractivity contribution in [3.63, 3.8) is 0 Å². The Bertz CT molecular complexity index is 334. The summed E-state index contributed by atoms with van der Waals surface area (Å²) in [5.41, 5.74) is 6.67. The Morgan fingerprint density at radius 1 is 1.44 bits per heavy atom. The zero-order chi connectivity index (χ0) is 13.2. The summed E-state index contributed by atoms with van der Waals surface area (Å²) in [5.74, 6) is 0.638. The lowest BCUT2D eigenvalue weighted by Gasteiger charge is -2.17. The highest BCUT2D eigenvalue weighted by molar-refractivity contribution is 5.20. The molecule has 0 fully saturated rings. The smallest absolute Gasteiger partial charge is 0.213 e. The second kappa shape index (κ2) is 8.85. The Kier molecular flexibility index (Phi) is 7.32. The minimum Gasteiger partial charge on any atom is -0.481 e. The predicted molar refractivity (Wildman–Crippen MR) is 71.6 cm³/mol. The summed E-state index contributed by atoms with van der Waals surface area (Å²) >= 11 is 0. The van der Waals surface area contributed by atoms with Crippen LogP contribution >= 0.6 is 0 Å². The van der Waals surface area contributed by atoms with Gasteiger partial charge in [-0.15, -0.1) is 0 Å². The van der Waals surface area contributed by atoms with Crippen molar-refractivity contribution in [3.8, 4) is 5.88 Å². The van der Waals surface area contributed by atoms with Crippen LogP contribution in [-0.4, -0.2) is 38.4 Å². The molecule has 1 aromatic rings. The molecule has 18 heavy (non-hydrogen) atoms. The highest BCUT2D eigenvalue weighted by Crippen LogP contribution is 2.09. The zero-order valence-corrected chi connectivity index (χ0v) is 11.2. The molecule has 0 aliphatic carbocycles. The summed E-state index contributed by atoms with van der Waals surface area (Å²) in [6.45, 7) is 2.19. The molecule has 102 valence electrons. The van der Waals surface area contributed by atoms with Crippen LogP contribution in [0.15, 0.2) is 18.3 Å². The first-order valence-corrected chi connectivity index (χ1v) is 6.21. The van der Waals surface area contributed by atoms with Crippen LogP contribution in [0, 0.1) is 0 Å². The fourth-order valence-corrected chi connectivity index (χ4v) is 1.74. The second-order valence-electron chi connectivity index (χ2n) is 4.17. The predicted octanol–water partition coefficient (Wildman–Crippen LogP) is 0.934. The summed E-state index contributed by atoms with van der Waals surface area (Å²) in [4.78, 5) is 4.08. The third-order valence-corrected chi connectivity index (χ3v) is 2.73. The van der Waals surface area contributed by atoms with Crippen molar-refractivity contribution < 1.29 is 9.47 Å². The lowest BCUT2D eigenvalue weighted by molar-refractivity contribution is 0.161. The van der Waals surface area contributed by atoms with E-state index < -0.39 is 0 Å². The maximum absolute atomic E-state index is 5.52. The van der Waals surface area contributed by atoms with Gasteiger partial charge in [-0.25, -0.2) is 4.98 Å². The van der Waals surface area contributed by atoms with E-state index in [1.54, 1.807) is 20.4 Å². The minimum atomic E-state index is 0.331. The minimum absolute atomic E-state index is 0.331. The van der Waals surface area contributed by atoms with Crippen LogP contribution in [0.3, 0.4) is 0 Å². The molecule has 0 bridgehead atoms. The Morgan fingerprint density at radius 3 is 2.94 bits per heavy atom. The number of hydrogen-bond donors (Lipinski definition) is 2. The fourth-order valence-electron chi connectivity index (χ4n) is 1.74. The van der Waals surface area contributed by atoms with Gasteiger partial charge in [-0.3, -0.25) is 0 Å². The van der Waals surface area contributed by atoms with E-state index in [1.807, 2.05) is 12.1 Å². The van der Waals surface area contributed by atoms with E-state index in [9.17, 15) is 0 Å². The fraction of sp³-hybridized carbons (Fsp3) is 0.615. The topological polar surface area (TPSA) is 69.4 Å². The molecule has 1 rings (SSSR count). The average molecular weight is 253 g/mol. The van der Waals surface area contributed by atoms with E-state index >= 15 is 0 Å². The van der Waals surface area contributed by atoms with Gasteiger partial charge in [0.1, 0.15) is 0 Å². The maximum Gasteiger partial charge on any atom is 0.213 e. The lowest BCUT2D eigenvalue weighted by atomic mass is 10.1. The molecule has 3 N–H and O–H groups in total. The van der Waals surface area contributed by atoms with Crippen LogP contribution in [-0.2, 0) is 11.3 Å². The number of hydrogen-bond acceptors (Lipinski definition) is 5. The van der Waals surface area contributed by atoms with Gasteiger partial charge in [-0.1, -0.05) is 0 Å². The molecule has 0 aliphatic heterocycles. The number of ether oxygens (including phenoxy) is 2.